The maximum Gasteiger partial charge on any atom is 0.130 e. The van der Waals surface area contributed by atoms with E-state index in [9.17, 15) is 0 Å². The molecule has 0 saturated carbocycles. The summed E-state index contributed by atoms with van der Waals surface area (Å²) in [7, 11) is 0. The van der Waals surface area contributed by atoms with Gasteiger partial charge in [-0.2, -0.15) is 0 Å². The molecule has 0 unspecified atom stereocenters. The summed E-state index contributed by atoms with van der Waals surface area (Å²) < 4.78 is 6.23. The molecule has 2 rings (SSSR count). The Bertz CT molecular complexity index is 627. The maximum absolute atomic E-state index is 6.23. The second-order valence-corrected chi connectivity index (χ2v) is 7.53. The third-order valence-electron chi connectivity index (χ3n) is 5.20. The van der Waals surface area contributed by atoms with Crippen molar-refractivity contribution in [1.29, 1.82) is 0 Å². The van der Waals surface area contributed by atoms with Crippen LogP contribution in [0.5, 0.6) is 11.5 Å². The Kier molecular flexibility index (Phi) is 7.11. The summed E-state index contributed by atoms with van der Waals surface area (Å²) in [5, 5.41) is 0. The van der Waals surface area contributed by atoms with Crippen LogP contribution in [0.15, 0.2) is 36.4 Å². The summed E-state index contributed by atoms with van der Waals surface area (Å²) in [6.07, 6.45) is 4.91. The predicted molar refractivity (Wildman–Crippen MR) is 109 cm³/mol. The Hall–Kier alpha value is -1.76. The molecule has 136 valence electrons. The van der Waals surface area contributed by atoms with Crippen LogP contribution in [0.1, 0.15) is 87.5 Å². The van der Waals surface area contributed by atoms with E-state index in [1.165, 1.54) is 47.9 Å². The molecule has 0 aliphatic heterocycles. The number of hydrogen-bond donors (Lipinski definition) is 0. The van der Waals surface area contributed by atoms with Crippen LogP contribution in [0, 0.1) is 13.8 Å². The summed E-state index contributed by atoms with van der Waals surface area (Å²) in [5.74, 6) is 3.15. The Labute approximate surface area is 154 Å². The molecule has 0 heterocycles. The van der Waals surface area contributed by atoms with Crippen LogP contribution >= 0.6 is 0 Å². The molecule has 25 heavy (non-hydrogen) atoms. The van der Waals surface area contributed by atoms with Crippen LogP contribution in [0.3, 0.4) is 0 Å². The van der Waals surface area contributed by atoms with E-state index in [4.69, 9.17) is 4.74 Å². The molecule has 2 aromatic rings. The van der Waals surface area contributed by atoms with E-state index < -0.39 is 0 Å². The van der Waals surface area contributed by atoms with Crippen molar-refractivity contribution >= 4 is 0 Å². The lowest BCUT2D eigenvalue weighted by Gasteiger charge is -2.17. The quantitative estimate of drug-likeness (QED) is 0.475. The SMILES string of the molecule is CCC[C@H](C)c1ccc(Oc2ccc([C@@H](C)CCC)cc2C)c(C)c1. The van der Waals surface area contributed by atoms with Crippen LogP contribution in [0.2, 0.25) is 0 Å². The summed E-state index contributed by atoms with van der Waals surface area (Å²) >= 11 is 0. The van der Waals surface area contributed by atoms with Crippen LogP contribution in [-0.4, -0.2) is 0 Å². The lowest BCUT2D eigenvalue weighted by Crippen LogP contribution is -1.97. The van der Waals surface area contributed by atoms with Crippen molar-refractivity contribution < 1.29 is 4.74 Å². The third-order valence-corrected chi connectivity index (χ3v) is 5.20. The van der Waals surface area contributed by atoms with Crippen LogP contribution in [-0.2, 0) is 0 Å². The first-order chi connectivity index (χ1) is 12.0. The van der Waals surface area contributed by atoms with Gasteiger partial charge < -0.3 is 4.74 Å². The molecule has 0 N–H and O–H groups in total. The zero-order chi connectivity index (χ0) is 18.4. The molecule has 0 spiro atoms. The summed E-state index contributed by atoms with van der Waals surface area (Å²) in [4.78, 5) is 0. The minimum Gasteiger partial charge on any atom is -0.457 e. The fourth-order valence-electron chi connectivity index (χ4n) is 3.51. The van der Waals surface area contributed by atoms with Crippen molar-refractivity contribution in [3.8, 4) is 11.5 Å². The highest BCUT2D eigenvalue weighted by atomic mass is 16.5. The fourth-order valence-corrected chi connectivity index (χ4v) is 3.51. The van der Waals surface area contributed by atoms with Gasteiger partial charge in [0.05, 0.1) is 0 Å². The van der Waals surface area contributed by atoms with Crippen molar-refractivity contribution in [2.75, 3.05) is 0 Å². The third kappa shape index (κ3) is 5.11. The van der Waals surface area contributed by atoms with Gasteiger partial charge in [0.25, 0.3) is 0 Å². The van der Waals surface area contributed by atoms with Gasteiger partial charge in [0.2, 0.25) is 0 Å². The average Bonchev–Trinajstić information content (AvgIpc) is 2.58. The van der Waals surface area contributed by atoms with Crippen molar-refractivity contribution in [2.24, 2.45) is 0 Å². The van der Waals surface area contributed by atoms with E-state index in [0.717, 1.165) is 11.5 Å². The van der Waals surface area contributed by atoms with E-state index in [2.05, 4.69) is 77.9 Å². The largest absolute Gasteiger partial charge is 0.457 e. The van der Waals surface area contributed by atoms with Crippen molar-refractivity contribution in [3.63, 3.8) is 0 Å². The Morgan fingerprint density at radius 2 is 1.12 bits per heavy atom. The monoisotopic (exact) mass is 338 g/mol. The minimum atomic E-state index is 0.610. The Morgan fingerprint density at radius 1 is 0.720 bits per heavy atom. The highest BCUT2D eigenvalue weighted by molar-refractivity contribution is 5.44. The number of rotatable bonds is 8. The molecule has 1 heteroatoms. The average molecular weight is 339 g/mol. The Morgan fingerprint density at radius 3 is 1.44 bits per heavy atom. The second kappa shape index (κ2) is 9.08. The zero-order valence-corrected chi connectivity index (χ0v) is 16.9. The molecule has 0 amide bonds. The first-order valence-electron chi connectivity index (χ1n) is 9.85. The van der Waals surface area contributed by atoms with Gasteiger partial charge in [0.1, 0.15) is 11.5 Å². The van der Waals surface area contributed by atoms with Crippen LogP contribution < -0.4 is 4.74 Å². The number of ether oxygens (including phenoxy) is 1. The standard InChI is InChI=1S/C24H34O/c1-7-9-17(3)21-11-13-23(19(5)15-21)25-24-14-12-22(16-20(24)6)18(4)10-8-2/h11-18H,7-10H2,1-6H3/t17-,18-/m0/s1. The molecule has 0 bridgehead atoms. The summed E-state index contributed by atoms with van der Waals surface area (Å²) in [6.45, 7) is 13.4. The second-order valence-electron chi connectivity index (χ2n) is 7.53. The molecule has 0 aromatic heterocycles. The van der Waals surface area contributed by atoms with Crippen LogP contribution in [0.25, 0.3) is 0 Å². The van der Waals surface area contributed by atoms with Crippen molar-refractivity contribution in [3.05, 3.63) is 58.7 Å². The van der Waals surface area contributed by atoms with Gasteiger partial charge in [0, 0.05) is 0 Å². The van der Waals surface area contributed by atoms with Gasteiger partial charge >= 0.3 is 0 Å². The molecule has 0 aliphatic carbocycles. The van der Waals surface area contributed by atoms with E-state index in [0.29, 0.717) is 11.8 Å². The zero-order valence-electron chi connectivity index (χ0n) is 16.9. The highest BCUT2D eigenvalue weighted by Gasteiger charge is 2.11. The predicted octanol–water partition coefficient (Wildman–Crippen LogP) is 7.90. The molecule has 2 atom stereocenters. The molecule has 0 aliphatic rings. The summed E-state index contributed by atoms with van der Waals surface area (Å²) in [6, 6.07) is 13.3. The Balaban J connectivity index is 2.16. The number of hydrogen-bond acceptors (Lipinski definition) is 1. The molecular formula is C24H34O. The minimum absolute atomic E-state index is 0.610. The first kappa shape index (κ1) is 19.6. The molecule has 0 radical (unpaired) electrons. The van der Waals surface area contributed by atoms with E-state index in [1.807, 2.05) is 0 Å². The van der Waals surface area contributed by atoms with E-state index in [1.54, 1.807) is 0 Å². The maximum atomic E-state index is 6.23. The van der Waals surface area contributed by atoms with Crippen LogP contribution in [0.4, 0.5) is 0 Å². The lowest BCUT2D eigenvalue weighted by molar-refractivity contribution is 0.474. The smallest absolute Gasteiger partial charge is 0.130 e. The van der Waals surface area contributed by atoms with Gasteiger partial charge in [-0.1, -0.05) is 64.8 Å². The van der Waals surface area contributed by atoms with E-state index in [-0.39, 0.29) is 0 Å². The normalized spacial score (nSPS) is 13.5. The molecular weight excluding hydrogens is 304 g/mol. The van der Waals surface area contributed by atoms with Gasteiger partial charge in [-0.05, 0) is 72.9 Å². The molecule has 0 fully saturated rings. The van der Waals surface area contributed by atoms with Gasteiger partial charge in [0.15, 0.2) is 0 Å². The molecule has 0 saturated heterocycles. The lowest BCUT2D eigenvalue weighted by atomic mass is 9.94. The first-order valence-corrected chi connectivity index (χ1v) is 9.85. The highest BCUT2D eigenvalue weighted by Crippen LogP contribution is 2.32. The topological polar surface area (TPSA) is 9.23 Å². The number of benzene rings is 2. The van der Waals surface area contributed by atoms with Crippen molar-refractivity contribution in [2.45, 2.75) is 79.1 Å². The summed E-state index contributed by atoms with van der Waals surface area (Å²) in [5.41, 5.74) is 5.24. The molecule has 2 aromatic carbocycles. The van der Waals surface area contributed by atoms with E-state index >= 15 is 0 Å². The van der Waals surface area contributed by atoms with Gasteiger partial charge in [-0.3, -0.25) is 0 Å². The number of aryl methyl sites for hydroxylation is 2. The molecule has 1 nitrogen and oxygen atoms in total. The van der Waals surface area contributed by atoms with Gasteiger partial charge in [-0.15, -0.1) is 0 Å². The van der Waals surface area contributed by atoms with Gasteiger partial charge in [-0.25, -0.2) is 0 Å². The fraction of sp³-hybridized carbons (Fsp3) is 0.500. The van der Waals surface area contributed by atoms with Crippen molar-refractivity contribution in [1.82, 2.24) is 0 Å².